The van der Waals surface area contributed by atoms with Crippen LogP contribution < -0.4 is 10.6 Å². The highest BCUT2D eigenvalue weighted by molar-refractivity contribution is 6.35. The largest absolute Gasteiger partial charge is 0.383 e. The zero-order valence-corrected chi connectivity index (χ0v) is 14.1. The smallest absolute Gasteiger partial charge is 0.226 e. The highest BCUT2D eigenvalue weighted by Crippen LogP contribution is 2.25. The summed E-state index contributed by atoms with van der Waals surface area (Å²) in [7, 11) is 0. The molecule has 0 unspecified atom stereocenters. The predicted octanol–water partition coefficient (Wildman–Crippen LogP) is 5.05. The minimum absolute atomic E-state index is 0.0423. The van der Waals surface area contributed by atoms with E-state index in [2.05, 4.69) is 10.6 Å². The van der Waals surface area contributed by atoms with Gasteiger partial charge in [-0.25, -0.2) is 0 Å². The average molecular weight is 337 g/mol. The Kier molecular flexibility index (Phi) is 5.69. The number of hydrogen-bond acceptors (Lipinski definition) is 2. The minimum atomic E-state index is -0.0423. The third-order valence-electron chi connectivity index (χ3n) is 3.26. The van der Waals surface area contributed by atoms with Gasteiger partial charge in [0.05, 0.1) is 10.7 Å². The molecule has 0 spiro atoms. The molecule has 0 heterocycles. The molecular formula is C17H18Cl2N2O. The molecule has 0 atom stereocenters. The molecule has 0 saturated carbocycles. The van der Waals surface area contributed by atoms with Gasteiger partial charge in [-0.2, -0.15) is 0 Å². The van der Waals surface area contributed by atoms with Crippen LogP contribution >= 0.6 is 23.2 Å². The highest BCUT2D eigenvalue weighted by atomic mass is 35.5. The van der Waals surface area contributed by atoms with Gasteiger partial charge in [0.2, 0.25) is 5.91 Å². The van der Waals surface area contributed by atoms with Crippen LogP contribution in [-0.2, 0) is 4.79 Å². The fraction of sp³-hybridized carbons (Fsp3) is 0.235. The van der Waals surface area contributed by atoms with Crippen molar-refractivity contribution in [1.82, 2.24) is 0 Å². The fourth-order valence-electron chi connectivity index (χ4n) is 2.03. The Labute approximate surface area is 140 Å². The molecule has 2 aromatic rings. The van der Waals surface area contributed by atoms with Crippen molar-refractivity contribution in [3.8, 4) is 0 Å². The maximum Gasteiger partial charge on any atom is 0.226 e. The van der Waals surface area contributed by atoms with Crippen LogP contribution in [0.25, 0.3) is 0 Å². The van der Waals surface area contributed by atoms with Crippen LogP contribution in [-0.4, -0.2) is 12.5 Å². The molecule has 0 aliphatic carbocycles. The van der Waals surface area contributed by atoms with E-state index in [1.165, 1.54) is 0 Å². The maximum absolute atomic E-state index is 12.0. The molecule has 5 heteroatoms. The van der Waals surface area contributed by atoms with Gasteiger partial charge in [-0.15, -0.1) is 0 Å². The van der Waals surface area contributed by atoms with Crippen LogP contribution in [0, 0.1) is 13.8 Å². The Hall–Kier alpha value is -1.71. The summed E-state index contributed by atoms with van der Waals surface area (Å²) in [6, 6.07) is 11.2. The number of anilines is 2. The van der Waals surface area contributed by atoms with Crippen LogP contribution in [0.15, 0.2) is 36.4 Å². The first-order valence-corrected chi connectivity index (χ1v) is 7.77. The Balaban J connectivity index is 1.88. The Bertz CT molecular complexity index is 686. The lowest BCUT2D eigenvalue weighted by Crippen LogP contribution is -2.17. The first-order valence-electron chi connectivity index (χ1n) is 7.02. The number of benzene rings is 2. The lowest BCUT2D eigenvalue weighted by Gasteiger charge is -2.11. The van der Waals surface area contributed by atoms with Crippen molar-refractivity contribution in [1.29, 1.82) is 0 Å². The average Bonchev–Trinajstić information content (AvgIpc) is 2.46. The molecule has 2 aromatic carbocycles. The van der Waals surface area contributed by atoms with Gasteiger partial charge in [-0.05, 0) is 49.2 Å². The topological polar surface area (TPSA) is 41.1 Å². The first-order chi connectivity index (χ1) is 10.5. The lowest BCUT2D eigenvalue weighted by molar-refractivity contribution is -0.115. The van der Waals surface area contributed by atoms with Crippen LogP contribution in [0.5, 0.6) is 0 Å². The van der Waals surface area contributed by atoms with E-state index in [4.69, 9.17) is 23.2 Å². The Morgan fingerprint density at radius 3 is 2.59 bits per heavy atom. The fourth-order valence-corrected chi connectivity index (χ4v) is 2.38. The van der Waals surface area contributed by atoms with Crippen LogP contribution in [0.3, 0.4) is 0 Å². The van der Waals surface area contributed by atoms with Gasteiger partial charge >= 0.3 is 0 Å². The van der Waals surface area contributed by atoms with E-state index in [0.29, 0.717) is 23.0 Å². The number of amides is 1. The second-order valence-corrected chi connectivity index (χ2v) is 6.01. The Morgan fingerprint density at radius 1 is 1.05 bits per heavy atom. The molecule has 0 aromatic heterocycles. The summed E-state index contributed by atoms with van der Waals surface area (Å²) in [5.41, 5.74) is 3.74. The molecule has 0 bridgehead atoms. The number of rotatable bonds is 5. The van der Waals surface area contributed by atoms with E-state index in [9.17, 15) is 4.79 Å². The summed E-state index contributed by atoms with van der Waals surface area (Å²) in [6.45, 7) is 4.45. The summed E-state index contributed by atoms with van der Waals surface area (Å²) in [5, 5.41) is 7.23. The molecule has 2 N–H and O–H groups in total. The summed E-state index contributed by atoms with van der Waals surface area (Å²) >= 11 is 12.0. The molecule has 0 saturated heterocycles. The molecule has 3 nitrogen and oxygen atoms in total. The number of carbonyl (C=O) groups excluding carboxylic acids is 1. The molecule has 1 amide bonds. The normalized spacial score (nSPS) is 10.4. The SMILES string of the molecule is Cc1ccc(C)c(NC(=O)CCNc2cc(Cl)ccc2Cl)c1. The van der Waals surface area contributed by atoms with Gasteiger partial charge in [-0.3, -0.25) is 4.79 Å². The molecule has 116 valence electrons. The van der Waals surface area contributed by atoms with Gasteiger partial charge < -0.3 is 10.6 Å². The van der Waals surface area contributed by atoms with Crippen molar-refractivity contribution in [2.24, 2.45) is 0 Å². The van der Waals surface area contributed by atoms with Gasteiger partial charge in [-0.1, -0.05) is 35.3 Å². The summed E-state index contributed by atoms with van der Waals surface area (Å²) < 4.78 is 0. The van der Waals surface area contributed by atoms with Crippen molar-refractivity contribution in [2.75, 3.05) is 17.2 Å². The summed E-state index contributed by atoms with van der Waals surface area (Å²) in [5.74, 6) is -0.0423. The van der Waals surface area contributed by atoms with Crippen molar-refractivity contribution in [3.05, 3.63) is 57.6 Å². The monoisotopic (exact) mass is 336 g/mol. The van der Waals surface area contributed by atoms with Gasteiger partial charge in [0, 0.05) is 23.7 Å². The van der Waals surface area contributed by atoms with E-state index in [1.807, 2.05) is 32.0 Å². The Morgan fingerprint density at radius 2 is 1.82 bits per heavy atom. The standard InChI is InChI=1S/C17H18Cl2N2O/c1-11-3-4-12(2)15(9-11)21-17(22)7-8-20-16-10-13(18)5-6-14(16)19/h3-6,9-10,20H,7-8H2,1-2H3,(H,21,22). The van der Waals surface area contributed by atoms with E-state index in [-0.39, 0.29) is 5.91 Å². The van der Waals surface area contributed by atoms with Gasteiger partial charge in [0.15, 0.2) is 0 Å². The predicted molar refractivity (Wildman–Crippen MR) is 94.1 cm³/mol. The van der Waals surface area contributed by atoms with Crippen LogP contribution in [0.1, 0.15) is 17.5 Å². The second kappa shape index (κ2) is 7.52. The third-order valence-corrected chi connectivity index (χ3v) is 3.83. The molecular weight excluding hydrogens is 319 g/mol. The highest BCUT2D eigenvalue weighted by Gasteiger charge is 2.06. The summed E-state index contributed by atoms with van der Waals surface area (Å²) in [4.78, 5) is 12.0. The molecule has 0 fully saturated rings. The van der Waals surface area contributed by atoms with E-state index < -0.39 is 0 Å². The van der Waals surface area contributed by atoms with Crippen molar-refractivity contribution >= 4 is 40.5 Å². The third kappa shape index (κ3) is 4.65. The van der Waals surface area contributed by atoms with E-state index in [0.717, 1.165) is 22.5 Å². The van der Waals surface area contributed by atoms with Gasteiger partial charge in [0.1, 0.15) is 0 Å². The molecule has 2 rings (SSSR count). The molecule has 22 heavy (non-hydrogen) atoms. The zero-order valence-electron chi connectivity index (χ0n) is 12.5. The molecule has 0 aliphatic rings. The number of nitrogens with one attached hydrogen (secondary N) is 2. The van der Waals surface area contributed by atoms with Crippen LogP contribution in [0.2, 0.25) is 10.0 Å². The summed E-state index contributed by atoms with van der Waals surface area (Å²) in [6.07, 6.45) is 0.343. The van der Waals surface area contributed by atoms with Crippen molar-refractivity contribution in [2.45, 2.75) is 20.3 Å². The molecule has 0 aliphatic heterocycles. The van der Waals surface area contributed by atoms with Crippen molar-refractivity contribution < 1.29 is 4.79 Å². The second-order valence-electron chi connectivity index (χ2n) is 5.17. The van der Waals surface area contributed by atoms with Crippen molar-refractivity contribution in [3.63, 3.8) is 0 Å². The van der Waals surface area contributed by atoms with E-state index >= 15 is 0 Å². The zero-order chi connectivity index (χ0) is 16.1. The van der Waals surface area contributed by atoms with Crippen LogP contribution in [0.4, 0.5) is 11.4 Å². The number of carbonyl (C=O) groups is 1. The lowest BCUT2D eigenvalue weighted by atomic mass is 10.1. The first kappa shape index (κ1) is 16.7. The number of aryl methyl sites for hydroxylation is 2. The number of hydrogen-bond donors (Lipinski definition) is 2. The molecule has 0 radical (unpaired) electrons. The number of halogens is 2. The quantitative estimate of drug-likeness (QED) is 0.801. The maximum atomic E-state index is 12.0. The minimum Gasteiger partial charge on any atom is -0.383 e. The van der Waals surface area contributed by atoms with E-state index in [1.54, 1.807) is 18.2 Å². The van der Waals surface area contributed by atoms with Gasteiger partial charge in [0.25, 0.3) is 0 Å².